The number of hydrogen-bond donors (Lipinski definition) is 3. The predicted octanol–water partition coefficient (Wildman–Crippen LogP) is 2.58. The van der Waals surface area contributed by atoms with Crippen LogP contribution in [0, 0.1) is 5.82 Å². The molecule has 0 saturated carbocycles. The van der Waals surface area contributed by atoms with Crippen LogP contribution in [0.25, 0.3) is 0 Å². The second kappa shape index (κ2) is 9.45. The van der Waals surface area contributed by atoms with Gasteiger partial charge in [0.1, 0.15) is 17.2 Å². The van der Waals surface area contributed by atoms with Gasteiger partial charge in [-0.3, -0.25) is 4.79 Å². The third-order valence-corrected chi connectivity index (χ3v) is 2.43. The number of benzene rings is 1. The zero-order valence-electron chi connectivity index (χ0n) is 14.6. The Kier molecular flexibility index (Phi) is 8.38. The second-order valence-corrected chi connectivity index (χ2v) is 5.82. The molecular weight excluding hydrogens is 337 g/mol. The molecular formula is C16H22FNO7. The first-order chi connectivity index (χ1) is 11.4. The molecule has 0 bridgehead atoms. The summed E-state index contributed by atoms with van der Waals surface area (Å²) in [5, 5.41) is 18.7. The van der Waals surface area contributed by atoms with Crippen molar-refractivity contribution in [1.82, 2.24) is 5.32 Å². The summed E-state index contributed by atoms with van der Waals surface area (Å²) < 4.78 is 23.7. The number of methoxy groups -OCH3 is 1. The highest BCUT2D eigenvalue weighted by molar-refractivity contribution is 5.81. The molecule has 1 aromatic carbocycles. The van der Waals surface area contributed by atoms with Crippen molar-refractivity contribution < 1.29 is 38.5 Å². The van der Waals surface area contributed by atoms with Crippen LogP contribution in [0.5, 0.6) is 5.75 Å². The zero-order valence-corrected chi connectivity index (χ0v) is 14.6. The third kappa shape index (κ3) is 9.14. The third-order valence-electron chi connectivity index (χ3n) is 2.43. The molecule has 1 atom stereocenters. The predicted molar refractivity (Wildman–Crippen MR) is 86.0 cm³/mol. The molecule has 140 valence electrons. The molecule has 1 amide bonds. The van der Waals surface area contributed by atoms with Gasteiger partial charge in [-0.2, -0.15) is 0 Å². The number of amides is 1. The van der Waals surface area contributed by atoms with E-state index in [-0.39, 0.29) is 11.3 Å². The summed E-state index contributed by atoms with van der Waals surface area (Å²) in [6, 6.07) is 2.14. The highest BCUT2D eigenvalue weighted by Crippen LogP contribution is 2.22. The highest BCUT2D eigenvalue weighted by Gasteiger charge is 2.27. The first-order valence-electron chi connectivity index (χ1n) is 7.12. The van der Waals surface area contributed by atoms with E-state index < -0.39 is 35.5 Å². The lowest BCUT2D eigenvalue weighted by Crippen LogP contribution is -2.38. The average Bonchev–Trinajstić information content (AvgIpc) is 2.42. The van der Waals surface area contributed by atoms with Crippen molar-refractivity contribution in [2.75, 3.05) is 7.11 Å². The smallest absolute Gasteiger partial charge is 0.408 e. The molecule has 0 spiro atoms. The van der Waals surface area contributed by atoms with Gasteiger partial charge in [0, 0.05) is 18.6 Å². The Morgan fingerprint density at radius 2 is 1.72 bits per heavy atom. The van der Waals surface area contributed by atoms with E-state index >= 15 is 0 Å². The number of carboxylic acids is 2. The van der Waals surface area contributed by atoms with Crippen molar-refractivity contribution in [2.45, 2.75) is 39.3 Å². The molecule has 0 fully saturated rings. The fraction of sp³-hybridized carbons (Fsp3) is 0.438. The van der Waals surface area contributed by atoms with Crippen LogP contribution in [-0.2, 0) is 14.3 Å². The van der Waals surface area contributed by atoms with Crippen LogP contribution in [0.4, 0.5) is 9.18 Å². The van der Waals surface area contributed by atoms with Crippen LogP contribution in [0.15, 0.2) is 18.2 Å². The Morgan fingerprint density at radius 3 is 2.08 bits per heavy atom. The molecule has 3 N–H and O–H groups in total. The van der Waals surface area contributed by atoms with Crippen molar-refractivity contribution in [3.05, 3.63) is 29.6 Å². The maximum Gasteiger partial charge on any atom is 0.408 e. The Labute approximate surface area is 144 Å². The number of alkyl carbamates (subject to hydrolysis) is 1. The standard InChI is InChI=1S/C14H18FNO5.C2H4O2/c1-14(2,3)21-13(19)16-11(12(17)18)9-6-5-8(20-4)7-10(9)15;1-2(3)4/h5-7,11H,1-4H3,(H,16,19)(H,17,18);1H3,(H,3,4). The van der Waals surface area contributed by atoms with Gasteiger partial charge in [-0.25, -0.2) is 14.0 Å². The highest BCUT2D eigenvalue weighted by atomic mass is 19.1. The van der Waals surface area contributed by atoms with Gasteiger partial charge in [0.05, 0.1) is 7.11 Å². The van der Waals surface area contributed by atoms with Crippen molar-refractivity contribution in [3.63, 3.8) is 0 Å². The van der Waals surface area contributed by atoms with E-state index in [1.54, 1.807) is 20.8 Å². The molecule has 0 saturated heterocycles. The van der Waals surface area contributed by atoms with Crippen LogP contribution < -0.4 is 10.1 Å². The minimum Gasteiger partial charge on any atom is -0.497 e. The number of rotatable bonds is 4. The Morgan fingerprint density at radius 1 is 1.20 bits per heavy atom. The Hall–Kier alpha value is -2.84. The van der Waals surface area contributed by atoms with Gasteiger partial charge in [-0.1, -0.05) is 0 Å². The Balaban J connectivity index is 0.00000129. The van der Waals surface area contributed by atoms with E-state index in [2.05, 4.69) is 5.32 Å². The van der Waals surface area contributed by atoms with Gasteiger partial charge < -0.3 is 25.0 Å². The molecule has 0 aromatic heterocycles. The molecule has 1 unspecified atom stereocenters. The van der Waals surface area contributed by atoms with E-state index in [1.165, 1.54) is 19.2 Å². The SMILES string of the molecule is CC(=O)O.COc1ccc(C(NC(=O)OC(C)(C)C)C(=O)O)c(F)c1. The summed E-state index contributed by atoms with van der Waals surface area (Å²) in [6.07, 6.45) is -0.940. The molecule has 0 radical (unpaired) electrons. The fourth-order valence-corrected chi connectivity index (χ4v) is 1.57. The molecule has 0 aliphatic rings. The van der Waals surface area contributed by atoms with E-state index in [1.807, 2.05) is 0 Å². The summed E-state index contributed by atoms with van der Waals surface area (Å²) in [4.78, 5) is 31.9. The number of aliphatic carboxylic acids is 2. The van der Waals surface area contributed by atoms with Gasteiger partial charge >= 0.3 is 12.1 Å². The van der Waals surface area contributed by atoms with Gasteiger partial charge in [0.15, 0.2) is 6.04 Å². The van der Waals surface area contributed by atoms with Gasteiger partial charge in [-0.15, -0.1) is 0 Å². The largest absolute Gasteiger partial charge is 0.497 e. The van der Waals surface area contributed by atoms with Gasteiger partial charge in [0.25, 0.3) is 5.97 Å². The Bertz CT molecular complexity index is 621. The van der Waals surface area contributed by atoms with Crippen molar-refractivity contribution in [2.24, 2.45) is 0 Å². The summed E-state index contributed by atoms with van der Waals surface area (Å²) in [5.74, 6) is -2.78. The summed E-state index contributed by atoms with van der Waals surface area (Å²) in [7, 11) is 1.36. The molecule has 25 heavy (non-hydrogen) atoms. The summed E-state index contributed by atoms with van der Waals surface area (Å²) in [6.45, 7) is 5.99. The monoisotopic (exact) mass is 359 g/mol. The molecule has 0 heterocycles. The lowest BCUT2D eigenvalue weighted by molar-refractivity contribution is -0.139. The van der Waals surface area contributed by atoms with Gasteiger partial charge in [-0.05, 0) is 32.9 Å². The lowest BCUT2D eigenvalue weighted by Gasteiger charge is -2.22. The van der Waals surface area contributed by atoms with E-state index in [4.69, 9.17) is 24.5 Å². The summed E-state index contributed by atoms with van der Waals surface area (Å²) in [5.41, 5.74) is -0.972. The number of carbonyl (C=O) groups is 3. The normalized spacial score (nSPS) is 11.4. The molecule has 8 nitrogen and oxygen atoms in total. The first kappa shape index (κ1) is 22.2. The van der Waals surface area contributed by atoms with Crippen LogP contribution in [0.2, 0.25) is 0 Å². The molecule has 0 aliphatic heterocycles. The van der Waals surface area contributed by atoms with E-state index in [0.717, 1.165) is 13.0 Å². The lowest BCUT2D eigenvalue weighted by atomic mass is 10.1. The van der Waals surface area contributed by atoms with Crippen LogP contribution >= 0.6 is 0 Å². The number of carbonyl (C=O) groups excluding carboxylic acids is 1. The fourth-order valence-electron chi connectivity index (χ4n) is 1.57. The number of halogens is 1. The maximum atomic E-state index is 13.9. The number of nitrogens with one attached hydrogen (secondary N) is 1. The molecule has 0 aliphatic carbocycles. The minimum atomic E-state index is -1.55. The van der Waals surface area contributed by atoms with Crippen molar-refractivity contribution >= 4 is 18.0 Å². The molecule has 1 aromatic rings. The van der Waals surface area contributed by atoms with Crippen LogP contribution in [0.1, 0.15) is 39.3 Å². The van der Waals surface area contributed by atoms with Gasteiger partial charge in [0.2, 0.25) is 0 Å². The maximum absolute atomic E-state index is 13.9. The first-order valence-corrected chi connectivity index (χ1v) is 7.12. The molecule has 1 rings (SSSR count). The van der Waals surface area contributed by atoms with Crippen molar-refractivity contribution in [3.8, 4) is 5.75 Å². The topological polar surface area (TPSA) is 122 Å². The second-order valence-electron chi connectivity index (χ2n) is 5.82. The minimum absolute atomic E-state index is 0.186. The van der Waals surface area contributed by atoms with Crippen LogP contribution in [-0.4, -0.2) is 41.0 Å². The van der Waals surface area contributed by atoms with E-state index in [9.17, 15) is 14.0 Å². The van der Waals surface area contributed by atoms with Crippen molar-refractivity contribution in [1.29, 1.82) is 0 Å². The zero-order chi connectivity index (χ0) is 19.8. The molecule has 9 heteroatoms. The number of carboxylic acid groups (broad SMARTS) is 2. The number of ether oxygens (including phenoxy) is 2. The van der Waals surface area contributed by atoms with E-state index in [0.29, 0.717) is 0 Å². The quantitative estimate of drug-likeness (QED) is 0.755. The van der Waals surface area contributed by atoms with Crippen LogP contribution in [0.3, 0.4) is 0 Å². The summed E-state index contributed by atoms with van der Waals surface area (Å²) >= 11 is 0. The average molecular weight is 359 g/mol. The number of hydrogen-bond acceptors (Lipinski definition) is 5.